The normalized spacial score (nSPS) is 10.7. The van der Waals surface area contributed by atoms with E-state index in [1.54, 1.807) is 24.3 Å². The highest BCUT2D eigenvalue weighted by Gasteiger charge is 2.17. The minimum absolute atomic E-state index is 0.0992. The first kappa shape index (κ1) is 25.2. The fourth-order valence-corrected chi connectivity index (χ4v) is 3.13. The van der Waals surface area contributed by atoms with Crippen LogP contribution in [0.15, 0.2) is 42.5 Å². The van der Waals surface area contributed by atoms with Crippen LogP contribution in [0.3, 0.4) is 0 Å². The summed E-state index contributed by atoms with van der Waals surface area (Å²) in [6.45, 7) is 8.37. The van der Waals surface area contributed by atoms with Crippen LogP contribution in [0.25, 0.3) is 0 Å². The lowest BCUT2D eigenvalue weighted by molar-refractivity contribution is -0.116. The van der Waals surface area contributed by atoms with E-state index in [0.29, 0.717) is 54.6 Å². The number of hydrogen-bond donors (Lipinski definition) is 2. The molecule has 0 bridgehead atoms. The van der Waals surface area contributed by atoms with Crippen molar-refractivity contribution in [2.45, 2.75) is 40.0 Å². The summed E-state index contributed by atoms with van der Waals surface area (Å²) in [6, 6.07) is 12.3. The minimum Gasteiger partial charge on any atom is -0.492 e. The van der Waals surface area contributed by atoms with E-state index < -0.39 is 0 Å². The van der Waals surface area contributed by atoms with Gasteiger partial charge in [0.15, 0.2) is 0 Å². The summed E-state index contributed by atoms with van der Waals surface area (Å²) in [7, 11) is 2.02. The van der Waals surface area contributed by atoms with Gasteiger partial charge in [-0.2, -0.15) is 0 Å². The van der Waals surface area contributed by atoms with Crippen LogP contribution in [0.1, 0.15) is 50.4 Å². The Kier molecular flexibility index (Phi) is 10.5. The van der Waals surface area contributed by atoms with E-state index in [2.05, 4.69) is 22.5 Å². The molecule has 2 rings (SSSR count). The van der Waals surface area contributed by atoms with Crippen LogP contribution in [0, 0.1) is 0 Å². The lowest BCUT2D eigenvalue weighted by Gasteiger charge is -2.19. The van der Waals surface area contributed by atoms with Gasteiger partial charge in [0.05, 0.1) is 24.6 Å². The number of hydrogen-bond acceptors (Lipinski definition) is 5. The predicted octanol–water partition coefficient (Wildman–Crippen LogP) is 4.80. The lowest BCUT2D eigenvalue weighted by atomic mass is 10.2. The van der Waals surface area contributed by atoms with Gasteiger partial charge in [-0.1, -0.05) is 31.5 Å². The van der Waals surface area contributed by atoms with Crippen LogP contribution in [0.4, 0.5) is 11.4 Å². The van der Waals surface area contributed by atoms with Crippen molar-refractivity contribution < 1.29 is 19.1 Å². The molecule has 174 valence electrons. The molecule has 0 saturated heterocycles. The molecule has 0 aliphatic rings. The molecule has 0 aromatic heterocycles. The first-order valence-electron chi connectivity index (χ1n) is 11.3. The molecule has 0 spiro atoms. The predicted molar refractivity (Wildman–Crippen MR) is 129 cm³/mol. The van der Waals surface area contributed by atoms with Gasteiger partial charge in [0, 0.05) is 30.7 Å². The van der Waals surface area contributed by atoms with Gasteiger partial charge in [0.1, 0.15) is 11.5 Å². The maximum Gasteiger partial charge on any atom is 0.255 e. The van der Waals surface area contributed by atoms with Gasteiger partial charge in [-0.05, 0) is 46.0 Å². The van der Waals surface area contributed by atoms with Gasteiger partial charge in [0.2, 0.25) is 5.91 Å². The summed E-state index contributed by atoms with van der Waals surface area (Å²) in [4.78, 5) is 27.4. The fourth-order valence-electron chi connectivity index (χ4n) is 3.13. The third-order valence-corrected chi connectivity index (χ3v) is 4.85. The highest BCUT2D eigenvalue weighted by atomic mass is 16.5. The second kappa shape index (κ2) is 13.4. The van der Waals surface area contributed by atoms with E-state index in [0.717, 1.165) is 19.4 Å². The molecule has 2 N–H and O–H groups in total. The second-order valence-corrected chi connectivity index (χ2v) is 7.49. The van der Waals surface area contributed by atoms with Gasteiger partial charge < -0.3 is 25.0 Å². The number of benzene rings is 2. The third-order valence-electron chi connectivity index (χ3n) is 4.85. The van der Waals surface area contributed by atoms with Crippen molar-refractivity contribution in [1.29, 1.82) is 0 Å². The van der Waals surface area contributed by atoms with Crippen molar-refractivity contribution in [3.05, 3.63) is 48.0 Å². The second-order valence-electron chi connectivity index (χ2n) is 7.49. The molecule has 2 aromatic carbocycles. The van der Waals surface area contributed by atoms with E-state index in [9.17, 15) is 9.59 Å². The summed E-state index contributed by atoms with van der Waals surface area (Å²) >= 11 is 0. The molecule has 0 unspecified atom stereocenters. The van der Waals surface area contributed by atoms with E-state index >= 15 is 0 Å². The number of anilines is 2. The lowest BCUT2D eigenvalue weighted by Crippen LogP contribution is -2.25. The average Bonchev–Trinajstić information content (AvgIpc) is 2.79. The summed E-state index contributed by atoms with van der Waals surface area (Å²) in [6.07, 6.45) is 2.62. The zero-order chi connectivity index (χ0) is 23.3. The molecule has 32 heavy (non-hydrogen) atoms. The highest BCUT2D eigenvalue weighted by molar-refractivity contribution is 6.05. The Hall–Kier alpha value is -3.06. The number of nitrogens with zero attached hydrogens (tertiary/aromatic N) is 1. The van der Waals surface area contributed by atoms with Crippen molar-refractivity contribution in [3.63, 3.8) is 0 Å². The zero-order valence-corrected chi connectivity index (χ0v) is 19.6. The topological polar surface area (TPSA) is 79.9 Å². The van der Waals surface area contributed by atoms with Crippen LogP contribution in [-0.2, 0) is 4.79 Å². The van der Waals surface area contributed by atoms with E-state index in [-0.39, 0.29) is 11.8 Å². The number of rotatable bonds is 13. The van der Waals surface area contributed by atoms with E-state index in [1.807, 2.05) is 39.1 Å². The van der Waals surface area contributed by atoms with Gasteiger partial charge >= 0.3 is 0 Å². The SMILES string of the molecule is CCCCN(C)CCC(=O)Nc1cc(OCC)c(NC(=O)c2ccccc2)cc1OCC. The Morgan fingerprint density at radius 1 is 0.875 bits per heavy atom. The number of nitrogens with one attached hydrogen (secondary N) is 2. The fraction of sp³-hybridized carbons (Fsp3) is 0.440. The molecule has 7 nitrogen and oxygen atoms in total. The number of carbonyl (C=O) groups is 2. The van der Waals surface area contributed by atoms with Gasteiger partial charge in [-0.15, -0.1) is 0 Å². The van der Waals surface area contributed by atoms with E-state index in [4.69, 9.17) is 9.47 Å². The molecule has 0 saturated carbocycles. The minimum atomic E-state index is -0.249. The van der Waals surface area contributed by atoms with Crippen LogP contribution in [0.2, 0.25) is 0 Å². The quantitative estimate of drug-likeness (QED) is 0.467. The Balaban J connectivity index is 2.19. The summed E-state index contributed by atoms with van der Waals surface area (Å²) in [5, 5.41) is 5.82. The van der Waals surface area contributed by atoms with Crippen molar-refractivity contribution in [2.75, 3.05) is 44.0 Å². The summed E-state index contributed by atoms with van der Waals surface area (Å²) in [5.74, 6) is 0.598. The number of unbranched alkanes of at least 4 members (excludes halogenated alkanes) is 1. The Bertz CT molecular complexity index is 871. The van der Waals surface area contributed by atoms with E-state index in [1.165, 1.54) is 0 Å². The largest absolute Gasteiger partial charge is 0.492 e. The Labute approximate surface area is 191 Å². The van der Waals surface area contributed by atoms with Crippen molar-refractivity contribution in [1.82, 2.24) is 4.90 Å². The van der Waals surface area contributed by atoms with Crippen LogP contribution < -0.4 is 20.1 Å². The monoisotopic (exact) mass is 441 g/mol. The number of ether oxygens (including phenoxy) is 2. The highest BCUT2D eigenvalue weighted by Crippen LogP contribution is 2.37. The third kappa shape index (κ3) is 7.89. The molecule has 0 radical (unpaired) electrons. The molecule has 0 fully saturated rings. The van der Waals surface area contributed by atoms with Gasteiger partial charge in [-0.3, -0.25) is 9.59 Å². The molecule has 0 aliphatic heterocycles. The van der Waals surface area contributed by atoms with Crippen molar-refractivity contribution in [2.24, 2.45) is 0 Å². The van der Waals surface area contributed by atoms with Gasteiger partial charge in [0.25, 0.3) is 5.91 Å². The molecule has 2 aromatic rings. The summed E-state index contributed by atoms with van der Waals surface area (Å²) in [5.41, 5.74) is 1.55. The maximum atomic E-state index is 12.6. The molecular formula is C25H35N3O4. The first-order chi connectivity index (χ1) is 15.5. The standard InChI is InChI=1S/C25H35N3O4/c1-5-8-15-28(4)16-14-24(29)26-20-17-23(32-7-3)21(18-22(20)31-6-2)27-25(30)19-12-10-9-11-13-19/h9-13,17-18H,5-8,14-16H2,1-4H3,(H,26,29)(H,27,30). The van der Waals surface area contributed by atoms with Crippen LogP contribution >= 0.6 is 0 Å². The van der Waals surface area contributed by atoms with Crippen molar-refractivity contribution in [3.8, 4) is 11.5 Å². The molecule has 7 heteroatoms. The van der Waals surface area contributed by atoms with Crippen LogP contribution in [0.5, 0.6) is 11.5 Å². The first-order valence-corrected chi connectivity index (χ1v) is 11.3. The zero-order valence-electron chi connectivity index (χ0n) is 19.6. The molecule has 0 heterocycles. The number of amides is 2. The maximum absolute atomic E-state index is 12.6. The summed E-state index contributed by atoms with van der Waals surface area (Å²) < 4.78 is 11.5. The van der Waals surface area contributed by atoms with Gasteiger partial charge in [-0.25, -0.2) is 0 Å². The average molecular weight is 442 g/mol. The molecule has 0 atom stereocenters. The molecule has 0 aliphatic carbocycles. The van der Waals surface area contributed by atoms with Crippen LogP contribution in [-0.4, -0.2) is 50.1 Å². The Morgan fingerprint density at radius 2 is 1.47 bits per heavy atom. The van der Waals surface area contributed by atoms with Crippen molar-refractivity contribution >= 4 is 23.2 Å². The smallest absolute Gasteiger partial charge is 0.255 e. The molecule has 2 amide bonds. The number of carbonyl (C=O) groups excluding carboxylic acids is 2. The Morgan fingerprint density at radius 3 is 2.03 bits per heavy atom. The molecular weight excluding hydrogens is 406 g/mol.